The molecule has 0 spiro atoms. The Morgan fingerprint density at radius 3 is 2.81 bits per heavy atom. The summed E-state index contributed by atoms with van der Waals surface area (Å²) in [7, 11) is -2.91. The first-order chi connectivity index (χ1) is 9.87. The summed E-state index contributed by atoms with van der Waals surface area (Å²) in [5, 5.41) is 12.4. The van der Waals surface area contributed by atoms with Crippen LogP contribution in [0.15, 0.2) is 24.3 Å². The lowest BCUT2D eigenvalue weighted by Gasteiger charge is -2.13. The highest BCUT2D eigenvalue weighted by atomic mass is 32.2. The average molecular weight is 329 g/mol. The molecule has 1 aromatic carbocycles. The number of benzene rings is 1. The number of hydrogen-bond donors (Lipinski definition) is 2. The molecule has 7 heteroatoms. The Labute approximate surface area is 129 Å². The summed E-state index contributed by atoms with van der Waals surface area (Å²) in [6, 6.07) is 7.09. The van der Waals surface area contributed by atoms with Crippen molar-refractivity contribution in [2.24, 2.45) is 0 Å². The van der Waals surface area contributed by atoms with E-state index in [1.165, 1.54) is 11.8 Å². The fourth-order valence-corrected chi connectivity index (χ4v) is 5.69. The van der Waals surface area contributed by atoms with E-state index < -0.39 is 15.9 Å². The molecule has 2 atom stereocenters. The van der Waals surface area contributed by atoms with Gasteiger partial charge in [0.25, 0.3) is 0 Å². The Morgan fingerprint density at radius 1 is 1.48 bits per heavy atom. The van der Waals surface area contributed by atoms with Gasteiger partial charge in [-0.25, -0.2) is 8.42 Å². The molecule has 0 aromatic heterocycles. The van der Waals surface area contributed by atoms with Gasteiger partial charge in [-0.15, -0.1) is 11.8 Å². The van der Waals surface area contributed by atoms with E-state index in [0.717, 1.165) is 0 Å². The molecule has 2 rings (SSSR count). The Kier molecular flexibility index (Phi) is 5.29. The average Bonchev–Trinajstić information content (AvgIpc) is 2.76. The molecule has 1 fully saturated rings. The molecule has 5 nitrogen and oxygen atoms in total. The first kappa shape index (κ1) is 16.3. The SMILES string of the molecule is CC(O)c1ccccc1NC(=O)CSC1CCS(=O)(=O)C1. The van der Waals surface area contributed by atoms with Crippen LogP contribution in [0.4, 0.5) is 5.69 Å². The minimum absolute atomic E-state index is 0.00718. The third-order valence-corrected chi connectivity index (χ3v) is 6.61. The monoisotopic (exact) mass is 329 g/mol. The van der Waals surface area contributed by atoms with Crippen molar-refractivity contribution < 1.29 is 18.3 Å². The van der Waals surface area contributed by atoms with E-state index >= 15 is 0 Å². The molecule has 21 heavy (non-hydrogen) atoms. The van der Waals surface area contributed by atoms with Crippen molar-refractivity contribution >= 4 is 33.2 Å². The van der Waals surface area contributed by atoms with Gasteiger partial charge in [-0.3, -0.25) is 4.79 Å². The molecule has 0 aliphatic carbocycles. The maximum Gasteiger partial charge on any atom is 0.234 e. The summed E-state index contributed by atoms with van der Waals surface area (Å²) in [5.74, 6) is 0.415. The molecular formula is C14H19NO4S2. The van der Waals surface area contributed by atoms with Gasteiger partial charge in [0, 0.05) is 16.5 Å². The first-order valence-electron chi connectivity index (χ1n) is 6.76. The van der Waals surface area contributed by atoms with Crippen molar-refractivity contribution in [3.8, 4) is 0 Å². The number of carbonyl (C=O) groups is 1. The van der Waals surface area contributed by atoms with Crippen LogP contribution in [0.1, 0.15) is 25.0 Å². The van der Waals surface area contributed by atoms with Crippen LogP contribution >= 0.6 is 11.8 Å². The zero-order valence-electron chi connectivity index (χ0n) is 11.8. The number of amides is 1. The number of sulfone groups is 1. The van der Waals surface area contributed by atoms with Gasteiger partial charge in [-0.1, -0.05) is 18.2 Å². The second kappa shape index (κ2) is 6.81. The van der Waals surface area contributed by atoms with Crippen LogP contribution in [-0.2, 0) is 14.6 Å². The smallest absolute Gasteiger partial charge is 0.234 e. The van der Waals surface area contributed by atoms with Crippen LogP contribution in [-0.4, -0.2) is 41.9 Å². The minimum Gasteiger partial charge on any atom is -0.389 e. The molecule has 0 saturated carbocycles. The van der Waals surface area contributed by atoms with Gasteiger partial charge in [0.15, 0.2) is 9.84 Å². The number of anilines is 1. The van der Waals surface area contributed by atoms with E-state index in [-0.39, 0.29) is 28.4 Å². The molecular weight excluding hydrogens is 310 g/mol. The van der Waals surface area contributed by atoms with Crippen LogP contribution in [0.2, 0.25) is 0 Å². The van der Waals surface area contributed by atoms with Crippen LogP contribution in [0, 0.1) is 0 Å². The minimum atomic E-state index is -2.91. The molecule has 1 saturated heterocycles. The van der Waals surface area contributed by atoms with Crippen LogP contribution in [0.5, 0.6) is 0 Å². The summed E-state index contributed by atoms with van der Waals surface area (Å²) < 4.78 is 22.7. The Hall–Kier alpha value is -1.05. The molecule has 0 radical (unpaired) electrons. The summed E-state index contributed by atoms with van der Waals surface area (Å²) in [5.41, 5.74) is 1.26. The van der Waals surface area contributed by atoms with Crippen LogP contribution in [0.3, 0.4) is 0 Å². The van der Waals surface area contributed by atoms with E-state index in [0.29, 0.717) is 17.7 Å². The molecule has 1 amide bonds. The molecule has 1 aromatic rings. The molecule has 2 N–H and O–H groups in total. The van der Waals surface area contributed by atoms with Crippen molar-refractivity contribution in [1.29, 1.82) is 0 Å². The molecule has 2 unspecified atom stereocenters. The van der Waals surface area contributed by atoms with E-state index in [2.05, 4.69) is 5.32 Å². The Bertz CT molecular complexity index is 613. The highest BCUT2D eigenvalue weighted by Crippen LogP contribution is 2.25. The number of aliphatic hydroxyl groups excluding tert-OH is 1. The van der Waals surface area contributed by atoms with Gasteiger partial charge in [-0.05, 0) is 19.4 Å². The van der Waals surface area contributed by atoms with Crippen LogP contribution in [0.25, 0.3) is 0 Å². The number of aliphatic hydroxyl groups is 1. The van der Waals surface area contributed by atoms with Crippen molar-refractivity contribution in [3.63, 3.8) is 0 Å². The van der Waals surface area contributed by atoms with E-state index in [1.54, 1.807) is 31.2 Å². The highest BCUT2D eigenvalue weighted by Gasteiger charge is 2.28. The summed E-state index contributed by atoms with van der Waals surface area (Å²) in [6.45, 7) is 1.64. The van der Waals surface area contributed by atoms with Crippen molar-refractivity contribution in [3.05, 3.63) is 29.8 Å². The van der Waals surface area contributed by atoms with Gasteiger partial charge in [0.1, 0.15) is 0 Å². The fraction of sp³-hybridized carbons (Fsp3) is 0.500. The van der Waals surface area contributed by atoms with Gasteiger partial charge in [0.05, 0.1) is 23.4 Å². The maximum atomic E-state index is 11.9. The third kappa shape index (κ3) is 4.72. The van der Waals surface area contributed by atoms with Crippen molar-refractivity contribution in [2.45, 2.75) is 24.7 Å². The lowest BCUT2D eigenvalue weighted by atomic mass is 10.1. The Balaban J connectivity index is 1.88. The number of rotatable bonds is 5. The summed E-state index contributed by atoms with van der Waals surface area (Å²) >= 11 is 1.37. The second-order valence-electron chi connectivity index (χ2n) is 5.15. The molecule has 1 aliphatic rings. The van der Waals surface area contributed by atoms with E-state index in [9.17, 15) is 18.3 Å². The summed E-state index contributed by atoms with van der Waals surface area (Å²) in [6.07, 6.45) is -0.0426. The quantitative estimate of drug-likeness (QED) is 0.857. The number of hydrogen-bond acceptors (Lipinski definition) is 5. The normalized spacial score (nSPS) is 21.9. The number of thioether (sulfide) groups is 1. The summed E-state index contributed by atoms with van der Waals surface area (Å²) in [4.78, 5) is 11.9. The number of para-hydroxylation sites is 1. The zero-order chi connectivity index (χ0) is 15.5. The lowest BCUT2D eigenvalue weighted by molar-refractivity contribution is -0.113. The van der Waals surface area contributed by atoms with Gasteiger partial charge >= 0.3 is 0 Å². The van der Waals surface area contributed by atoms with E-state index in [1.807, 2.05) is 0 Å². The lowest BCUT2D eigenvalue weighted by Crippen LogP contribution is -2.18. The standard InChI is InChI=1S/C14H19NO4S2/c1-10(16)12-4-2-3-5-13(12)15-14(17)8-20-11-6-7-21(18,19)9-11/h2-5,10-11,16H,6-9H2,1H3,(H,15,17). The van der Waals surface area contributed by atoms with Gasteiger partial charge in [0.2, 0.25) is 5.91 Å². The first-order valence-corrected chi connectivity index (χ1v) is 9.63. The van der Waals surface area contributed by atoms with Gasteiger partial charge in [-0.2, -0.15) is 0 Å². The van der Waals surface area contributed by atoms with Crippen molar-refractivity contribution in [2.75, 3.05) is 22.6 Å². The maximum absolute atomic E-state index is 11.9. The third-order valence-electron chi connectivity index (χ3n) is 3.33. The predicted molar refractivity (Wildman–Crippen MR) is 85.2 cm³/mol. The van der Waals surface area contributed by atoms with Crippen molar-refractivity contribution in [1.82, 2.24) is 0 Å². The van der Waals surface area contributed by atoms with E-state index in [4.69, 9.17) is 0 Å². The molecule has 0 bridgehead atoms. The molecule has 1 heterocycles. The Morgan fingerprint density at radius 2 is 2.19 bits per heavy atom. The van der Waals surface area contributed by atoms with Gasteiger partial charge < -0.3 is 10.4 Å². The fourth-order valence-electron chi connectivity index (χ4n) is 2.25. The number of nitrogens with one attached hydrogen (secondary N) is 1. The largest absolute Gasteiger partial charge is 0.389 e. The topological polar surface area (TPSA) is 83.5 Å². The number of carbonyl (C=O) groups excluding carboxylic acids is 1. The highest BCUT2D eigenvalue weighted by molar-refractivity contribution is 8.02. The molecule has 1 aliphatic heterocycles. The molecule has 116 valence electrons. The van der Waals surface area contributed by atoms with Crippen LogP contribution < -0.4 is 5.32 Å². The second-order valence-corrected chi connectivity index (χ2v) is 8.66. The zero-order valence-corrected chi connectivity index (χ0v) is 13.4. The predicted octanol–water partition coefficient (Wildman–Crippen LogP) is 1.60.